The number of aromatic nitrogens is 2. The molecule has 0 spiro atoms. The van der Waals surface area contributed by atoms with Gasteiger partial charge in [-0.2, -0.15) is 0 Å². The van der Waals surface area contributed by atoms with E-state index in [9.17, 15) is 4.79 Å². The van der Waals surface area contributed by atoms with Crippen molar-refractivity contribution >= 4 is 45.5 Å². The number of hydrogen-bond donors (Lipinski definition) is 1. The monoisotopic (exact) mass is 426 g/mol. The molecule has 0 radical (unpaired) electrons. The van der Waals surface area contributed by atoms with E-state index >= 15 is 0 Å². The lowest BCUT2D eigenvalue weighted by atomic mass is 10.0. The number of nitrogens with one attached hydrogen (secondary N) is 1. The number of anilines is 3. The fourth-order valence-corrected chi connectivity index (χ4v) is 5.27. The zero-order chi connectivity index (χ0) is 20.2. The molecule has 0 saturated carbocycles. The number of aryl methyl sites for hydroxylation is 1. The summed E-state index contributed by atoms with van der Waals surface area (Å²) in [5.74, 6) is 0.915. The molecule has 0 bridgehead atoms. The topological polar surface area (TPSA) is 67.3 Å². The van der Waals surface area contributed by atoms with Crippen LogP contribution in [-0.2, 0) is 11.2 Å². The van der Waals surface area contributed by atoms with Gasteiger partial charge in [-0.25, -0.2) is 0 Å². The van der Waals surface area contributed by atoms with Crippen LogP contribution in [0.4, 0.5) is 16.5 Å². The number of methoxy groups -OCH3 is 1. The summed E-state index contributed by atoms with van der Waals surface area (Å²) < 4.78 is 5.94. The molecule has 4 rings (SSSR count). The summed E-state index contributed by atoms with van der Waals surface area (Å²) in [6.07, 6.45) is 2.02. The van der Waals surface area contributed by atoms with Crippen LogP contribution in [0.3, 0.4) is 0 Å². The molecule has 0 fully saturated rings. The quantitative estimate of drug-likeness (QED) is 0.574. The molecule has 1 aliphatic rings. The van der Waals surface area contributed by atoms with Crippen molar-refractivity contribution < 1.29 is 9.53 Å². The predicted octanol–water partition coefficient (Wildman–Crippen LogP) is 4.75. The van der Waals surface area contributed by atoms with Crippen molar-refractivity contribution in [3.05, 3.63) is 54.1 Å². The van der Waals surface area contributed by atoms with E-state index in [0.717, 1.165) is 40.9 Å². The number of rotatable bonds is 6. The summed E-state index contributed by atoms with van der Waals surface area (Å²) >= 11 is 2.89. The number of thioether (sulfide) groups is 1. The van der Waals surface area contributed by atoms with E-state index in [1.54, 1.807) is 7.11 Å². The van der Waals surface area contributed by atoms with Gasteiger partial charge in [0.1, 0.15) is 5.75 Å². The fourth-order valence-electron chi connectivity index (χ4n) is 3.29. The molecular formula is C21H22N4O2S2. The third kappa shape index (κ3) is 4.54. The zero-order valence-electron chi connectivity index (χ0n) is 16.3. The molecular weight excluding hydrogens is 404 g/mol. The second kappa shape index (κ2) is 8.84. The van der Waals surface area contributed by atoms with Crippen LogP contribution in [0.1, 0.15) is 18.9 Å². The Hall–Kier alpha value is -2.58. The van der Waals surface area contributed by atoms with Gasteiger partial charge in [-0.3, -0.25) is 4.79 Å². The number of hydrogen-bond acceptors (Lipinski definition) is 7. The summed E-state index contributed by atoms with van der Waals surface area (Å²) in [5.41, 5.74) is 3.19. The molecule has 1 atom stereocenters. The predicted molar refractivity (Wildman–Crippen MR) is 119 cm³/mol. The Kier molecular flexibility index (Phi) is 6.01. The van der Waals surface area contributed by atoms with Gasteiger partial charge < -0.3 is 15.0 Å². The highest BCUT2D eigenvalue weighted by molar-refractivity contribution is 8.02. The number of benzene rings is 2. The molecule has 1 aromatic heterocycles. The highest BCUT2D eigenvalue weighted by Gasteiger charge is 2.27. The van der Waals surface area contributed by atoms with E-state index in [4.69, 9.17) is 4.74 Å². The van der Waals surface area contributed by atoms with Gasteiger partial charge in [0, 0.05) is 17.9 Å². The third-order valence-corrected chi connectivity index (χ3v) is 6.76. The normalized spacial score (nSPS) is 14.2. The van der Waals surface area contributed by atoms with E-state index in [2.05, 4.69) is 21.6 Å². The summed E-state index contributed by atoms with van der Waals surface area (Å²) in [6.45, 7) is 2.70. The van der Waals surface area contributed by atoms with Gasteiger partial charge in [-0.15, -0.1) is 10.2 Å². The molecule has 1 amide bonds. The van der Waals surface area contributed by atoms with Crippen LogP contribution in [0, 0.1) is 0 Å². The van der Waals surface area contributed by atoms with Crippen LogP contribution in [0.5, 0.6) is 5.75 Å². The van der Waals surface area contributed by atoms with Gasteiger partial charge >= 0.3 is 0 Å². The number of fused-ring (bicyclic) bond motifs is 1. The molecule has 0 aliphatic carbocycles. The molecule has 29 heavy (non-hydrogen) atoms. The van der Waals surface area contributed by atoms with Crippen molar-refractivity contribution in [1.29, 1.82) is 0 Å². The Morgan fingerprint density at radius 2 is 2.00 bits per heavy atom. The number of ether oxygens (including phenoxy) is 1. The van der Waals surface area contributed by atoms with Gasteiger partial charge in [0.05, 0.1) is 12.4 Å². The van der Waals surface area contributed by atoms with Crippen LogP contribution in [0.25, 0.3) is 0 Å². The number of amides is 1. The maximum absolute atomic E-state index is 13.1. The second-order valence-corrected chi connectivity index (χ2v) is 9.27. The van der Waals surface area contributed by atoms with E-state index < -0.39 is 0 Å². The first-order valence-electron chi connectivity index (χ1n) is 9.44. The molecule has 0 unspecified atom stereocenters. The Bertz CT molecular complexity index is 990. The number of para-hydroxylation sites is 1. The average Bonchev–Trinajstić information content (AvgIpc) is 3.20. The smallest absolute Gasteiger partial charge is 0.240 e. The van der Waals surface area contributed by atoms with Crippen molar-refractivity contribution in [1.82, 2.24) is 10.2 Å². The molecule has 6 nitrogen and oxygen atoms in total. The fraction of sp³-hybridized carbons (Fsp3) is 0.286. The molecule has 2 aromatic carbocycles. The summed E-state index contributed by atoms with van der Waals surface area (Å²) in [7, 11) is 1.64. The van der Waals surface area contributed by atoms with Gasteiger partial charge in [-0.1, -0.05) is 41.3 Å². The summed E-state index contributed by atoms with van der Waals surface area (Å²) in [4.78, 5) is 15.0. The van der Waals surface area contributed by atoms with Gasteiger partial charge in [0.2, 0.25) is 11.0 Å². The Balaban J connectivity index is 1.40. The second-order valence-electron chi connectivity index (χ2n) is 6.71. The molecule has 150 valence electrons. The molecule has 0 saturated heterocycles. The van der Waals surface area contributed by atoms with Crippen LogP contribution in [-0.4, -0.2) is 35.0 Å². The van der Waals surface area contributed by atoms with Gasteiger partial charge in [-0.05, 0) is 55.7 Å². The Morgan fingerprint density at radius 3 is 2.79 bits per heavy atom. The standard InChI is InChI=1S/C21H22N4O2S2/c1-14(19(26)25-13-5-7-15-6-3-4-8-18(15)25)28-21-24-23-20(29-21)22-16-9-11-17(27-2)12-10-16/h3-4,6,8-12,14H,5,7,13H2,1-2H3,(H,22,23)/t14-/m1/s1. The first-order valence-corrected chi connectivity index (χ1v) is 11.1. The number of carbonyl (C=O) groups excluding carboxylic acids is 1. The number of nitrogens with zero attached hydrogens (tertiary/aromatic N) is 3. The first-order chi connectivity index (χ1) is 14.1. The molecule has 1 N–H and O–H groups in total. The minimum Gasteiger partial charge on any atom is -0.497 e. The van der Waals surface area contributed by atoms with Crippen molar-refractivity contribution in [3.8, 4) is 5.75 Å². The third-order valence-electron chi connectivity index (χ3n) is 4.75. The Labute approximate surface area is 178 Å². The lowest BCUT2D eigenvalue weighted by Crippen LogP contribution is -2.40. The van der Waals surface area contributed by atoms with Crippen LogP contribution < -0.4 is 15.0 Å². The first kappa shape index (κ1) is 19.7. The maximum atomic E-state index is 13.1. The van der Waals surface area contributed by atoms with E-state index in [1.165, 1.54) is 28.7 Å². The molecule has 2 heterocycles. The lowest BCUT2D eigenvalue weighted by molar-refractivity contribution is -0.117. The van der Waals surface area contributed by atoms with Crippen LogP contribution >= 0.6 is 23.1 Å². The van der Waals surface area contributed by atoms with Crippen LogP contribution in [0.15, 0.2) is 52.9 Å². The molecule has 3 aromatic rings. The SMILES string of the molecule is COc1ccc(Nc2nnc(S[C@H](C)C(=O)N3CCCc4ccccc43)s2)cc1. The minimum atomic E-state index is -0.233. The van der Waals surface area contributed by atoms with Crippen molar-refractivity contribution in [2.45, 2.75) is 29.4 Å². The van der Waals surface area contributed by atoms with Gasteiger partial charge in [0.25, 0.3) is 0 Å². The summed E-state index contributed by atoms with van der Waals surface area (Å²) in [5, 5.41) is 12.1. The van der Waals surface area contributed by atoms with Crippen molar-refractivity contribution in [2.24, 2.45) is 0 Å². The molecule has 8 heteroatoms. The van der Waals surface area contributed by atoms with E-state index in [0.29, 0.717) is 5.13 Å². The van der Waals surface area contributed by atoms with Crippen molar-refractivity contribution in [3.63, 3.8) is 0 Å². The summed E-state index contributed by atoms with van der Waals surface area (Å²) in [6, 6.07) is 15.8. The van der Waals surface area contributed by atoms with Crippen LogP contribution in [0.2, 0.25) is 0 Å². The van der Waals surface area contributed by atoms with E-state index in [1.807, 2.05) is 54.3 Å². The number of carbonyl (C=O) groups is 1. The van der Waals surface area contributed by atoms with Crippen molar-refractivity contribution in [2.75, 3.05) is 23.9 Å². The lowest BCUT2D eigenvalue weighted by Gasteiger charge is -2.31. The highest BCUT2D eigenvalue weighted by Crippen LogP contribution is 2.34. The highest BCUT2D eigenvalue weighted by atomic mass is 32.2. The largest absolute Gasteiger partial charge is 0.497 e. The minimum absolute atomic E-state index is 0.113. The molecule has 1 aliphatic heterocycles. The average molecular weight is 427 g/mol. The maximum Gasteiger partial charge on any atom is 0.240 e. The van der Waals surface area contributed by atoms with Gasteiger partial charge in [0.15, 0.2) is 4.34 Å². The van der Waals surface area contributed by atoms with E-state index in [-0.39, 0.29) is 11.2 Å². The Morgan fingerprint density at radius 1 is 1.21 bits per heavy atom. The zero-order valence-corrected chi connectivity index (χ0v) is 17.9.